The van der Waals surface area contributed by atoms with Crippen molar-refractivity contribution in [3.8, 4) is 0 Å². The molecule has 1 aliphatic heterocycles. The molecule has 0 aromatic heterocycles. The second-order valence-electron chi connectivity index (χ2n) is 4.05. The number of nitrogens with zero attached hydrogens (tertiary/aromatic N) is 1. The summed E-state index contributed by atoms with van der Waals surface area (Å²) >= 11 is 0. The number of hydrogen-bond donors (Lipinski definition) is 3. The Morgan fingerprint density at radius 1 is 1.15 bits per heavy atom. The summed E-state index contributed by atoms with van der Waals surface area (Å²) < 4.78 is 0. The van der Waals surface area contributed by atoms with Crippen LogP contribution in [0.1, 0.15) is 22.3 Å². The number of aliphatic hydroxyl groups excluding tert-OH is 1. The van der Waals surface area contributed by atoms with Gasteiger partial charge in [-0.05, 0) is 17.7 Å². The number of carbonyl (C=O) groups excluding carboxylic acids is 1. The molecule has 0 atom stereocenters. The molecule has 7 heteroatoms. The van der Waals surface area contributed by atoms with Crippen LogP contribution in [0.3, 0.4) is 0 Å². The quantitative estimate of drug-likeness (QED) is 0.755. The van der Waals surface area contributed by atoms with Crippen molar-refractivity contribution >= 4 is 23.4 Å². The highest BCUT2D eigenvalue weighted by Gasteiger charge is 2.27. The zero-order valence-corrected chi connectivity index (χ0v) is 10.0. The lowest BCUT2D eigenvalue weighted by atomic mass is 9.99. The maximum absolute atomic E-state index is 11.5. The molecule has 0 aliphatic carbocycles. The van der Waals surface area contributed by atoms with E-state index in [9.17, 15) is 19.5 Å². The molecule has 1 aromatic carbocycles. The molecule has 7 nitrogen and oxygen atoms in total. The van der Waals surface area contributed by atoms with Crippen LogP contribution in [0, 0.1) is 0 Å². The Morgan fingerprint density at radius 2 is 1.85 bits per heavy atom. The Labute approximate surface area is 112 Å². The highest BCUT2D eigenvalue weighted by atomic mass is 16.4. The molecule has 0 spiro atoms. The van der Waals surface area contributed by atoms with E-state index in [-0.39, 0.29) is 17.7 Å². The number of Topliss-reactive ketones (excluding diaryl/α,β-unsaturated/α-hetero) is 1. The van der Waals surface area contributed by atoms with Crippen LogP contribution in [-0.4, -0.2) is 38.8 Å². The SMILES string of the molecule is O=C(O)C1=C(O)C(=O)CC(c2cccc(C(=O)O)c2)=N1. The monoisotopic (exact) mass is 275 g/mol. The van der Waals surface area contributed by atoms with Gasteiger partial charge in [0.05, 0.1) is 17.7 Å². The molecule has 1 aliphatic rings. The Balaban J connectivity index is 2.51. The number of allylic oxidation sites excluding steroid dienone is 1. The van der Waals surface area contributed by atoms with Crippen molar-refractivity contribution in [2.45, 2.75) is 6.42 Å². The van der Waals surface area contributed by atoms with Crippen LogP contribution in [0.15, 0.2) is 40.7 Å². The molecule has 1 aromatic rings. The number of carboxylic acid groups (broad SMARTS) is 2. The smallest absolute Gasteiger partial charge is 0.358 e. The van der Waals surface area contributed by atoms with Gasteiger partial charge in [-0.3, -0.25) is 4.79 Å². The minimum absolute atomic E-state index is 0.00620. The van der Waals surface area contributed by atoms with Crippen molar-refractivity contribution in [1.82, 2.24) is 0 Å². The summed E-state index contributed by atoms with van der Waals surface area (Å²) in [5.41, 5.74) is -0.317. The number of rotatable bonds is 3. The molecule has 3 N–H and O–H groups in total. The topological polar surface area (TPSA) is 124 Å². The van der Waals surface area contributed by atoms with E-state index in [4.69, 9.17) is 10.2 Å². The Morgan fingerprint density at radius 3 is 2.45 bits per heavy atom. The molecule has 0 saturated carbocycles. The third-order valence-corrected chi connectivity index (χ3v) is 2.71. The molecule has 20 heavy (non-hydrogen) atoms. The highest BCUT2D eigenvalue weighted by Crippen LogP contribution is 2.19. The fraction of sp³-hybridized carbons (Fsp3) is 0.0769. The van der Waals surface area contributed by atoms with Crippen LogP contribution in [0.4, 0.5) is 0 Å². The Hall–Kier alpha value is -2.96. The molecule has 2 rings (SSSR count). The molecule has 1 heterocycles. The molecule has 0 fully saturated rings. The molecule has 0 bridgehead atoms. The third-order valence-electron chi connectivity index (χ3n) is 2.71. The first-order chi connectivity index (χ1) is 9.40. The fourth-order valence-electron chi connectivity index (χ4n) is 1.74. The summed E-state index contributed by atoms with van der Waals surface area (Å²) in [6, 6.07) is 5.63. The van der Waals surface area contributed by atoms with Gasteiger partial charge in [0.1, 0.15) is 0 Å². The van der Waals surface area contributed by atoms with Crippen LogP contribution < -0.4 is 0 Å². The minimum atomic E-state index is -1.53. The molecule has 0 unspecified atom stereocenters. The van der Waals surface area contributed by atoms with Gasteiger partial charge in [-0.25, -0.2) is 14.6 Å². The number of carboxylic acids is 2. The number of benzene rings is 1. The van der Waals surface area contributed by atoms with Gasteiger partial charge in [0.15, 0.2) is 11.5 Å². The number of aliphatic carboxylic acids is 1. The van der Waals surface area contributed by atoms with Gasteiger partial charge in [-0.15, -0.1) is 0 Å². The predicted molar refractivity (Wildman–Crippen MR) is 66.9 cm³/mol. The lowest BCUT2D eigenvalue weighted by molar-refractivity contribution is -0.133. The van der Waals surface area contributed by atoms with Gasteiger partial charge in [-0.2, -0.15) is 0 Å². The number of ketones is 1. The number of aliphatic imine (C=N–C) groups is 1. The van der Waals surface area contributed by atoms with Crippen molar-refractivity contribution < 1.29 is 29.7 Å². The van der Waals surface area contributed by atoms with Crippen LogP contribution in [0.25, 0.3) is 0 Å². The van der Waals surface area contributed by atoms with E-state index < -0.39 is 29.2 Å². The van der Waals surface area contributed by atoms with Crippen LogP contribution >= 0.6 is 0 Å². The van der Waals surface area contributed by atoms with Crippen LogP contribution in [-0.2, 0) is 9.59 Å². The summed E-state index contributed by atoms with van der Waals surface area (Å²) in [5, 5.41) is 27.1. The molecule has 102 valence electrons. The number of aliphatic hydroxyl groups is 1. The summed E-state index contributed by atoms with van der Waals surface area (Å²) in [5.74, 6) is -4.34. The van der Waals surface area contributed by atoms with Gasteiger partial charge in [0.2, 0.25) is 5.78 Å². The maximum Gasteiger partial charge on any atom is 0.358 e. The second kappa shape index (κ2) is 4.96. The van der Waals surface area contributed by atoms with Crippen molar-refractivity contribution in [3.63, 3.8) is 0 Å². The Bertz CT molecular complexity index is 686. The van der Waals surface area contributed by atoms with E-state index in [0.29, 0.717) is 5.56 Å². The molecule has 0 amide bonds. The minimum Gasteiger partial charge on any atom is -0.503 e. The summed E-state index contributed by atoms with van der Waals surface area (Å²) in [4.78, 5) is 37.0. The van der Waals surface area contributed by atoms with Gasteiger partial charge in [0, 0.05) is 0 Å². The lowest BCUT2D eigenvalue weighted by Crippen LogP contribution is -2.21. The molecule has 0 radical (unpaired) electrons. The van der Waals surface area contributed by atoms with E-state index in [1.54, 1.807) is 0 Å². The number of hydrogen-bond acceptors (Lipinski definition) is 5. The average Bonchev–Trinajstić information content (AvgIpc) is 2.41. The zero-order valence-electron chi connectivity index (χ0n) is 10.0. The van der Waals surface area contributed by atoms with Gasteiger partial charge < -0.3 is 15.3 Å². The summed E-state index contributed by atoms with van der Waals surface area (Å²) in [6.07, 6.45) is -0.286. The zero-order chi connectivity index (χ0) is 14.9. The lowest BCUT2D eigenvalue weighted by Gasteiger charge is -2.13. The predicted octanol–water partition coefficient (Wildman–Crippen LogP) is 1.00. The van der Waals surface area contributed by atoms with Gasteiger partial charge in [0.25, 0.3) is 0 Å². The van der Waals surface area contributed by atoms with E-state index in [0.717, 1.165) is 0 Å². The maximum atomic E-state index is 11.5. The van der Waals surface area contributed by atoms with Gasteiger partial charge in [-0.1, -0.05) is 12.1 Å². The molecule has 0 saturated heterocycles. The first kappa shape index (κ1) is 13.5. The normalized spacial score (nSPS) is 15.0. The molecular formula is C13H9NO6. The van der Waals surface area contributed by atoms with Crippen LogP contribution in [0.5, 0.6) is 0 Å². The number of carbonyl (C=O) groups is 3. The van der Waals surface area contributed by atoms with Crippen molar-refractivity contribution in [3.05, 3.63) is 46.8 Å². The second-order valence-corrected chi connectivity index (χ2v) is 4.05. The fourth-order valence-corrected chi connectivity index (χ4v) is 1.74. The van der Waals surface area contributed by atoms with E-state index in [1.165, 1.54) is 24.3 Å². The van der Waals surface area contributed by atoms with Crippen molar-refractivity contribution in [2.75, 3.05) is 0 Å². The van der Waals surface area contributed by atoms with Crippen molar-refractivity contribution in [1.29, 1.82) is 0 Å². The summed E-state index contributed by atoms with van der Waals surface area (Å²) in [7, 11) is 0. The molecular weight excluding hydrogens is 266 g/mol. The third kappa shape index (κ3) is 2.41. The Kier molecular flexibility index (Phi) is 3.34. The first-order valence-electron chi connectivity index (χ1n) is 5.51. The van der Waals surface area contributed by atoms with E-state index in [2.05, 4.69) is 4.99 Å². The largest absolute Gasteiger partial charge is 0.503 e. The van der Waals surface area contributed by atoms with E-state index >= 15 is 0 Å². The van der Waals surface area contributed by atoms with Gasteiger partial charge >= 0.3 is 11.9 Å². The number of aromatic carboxylic acids is 1. The van der Waals surface area contributed by atoms with E-state index in [1.807, 2.05) is 0 Å². The van der Waals surface area contributed by atoms with Crippen LogP contribution in [0.2, 0.25) is 0 Å². The standard InChI is InChI=1S/C13H9NO6/c15-9-5-8(14-10(11(9)16)13(19)20)6-2-1-3-7(4-6)12(17)18/h1-4,16H,5H2,(H,17,18)(H,19,20). The first-order valence-corrected chi connectivity index (χ1v) is 5.51. The van der Waals surface area contributed by atoms with Crippen molar-refractivity contribution in [2.24, 2.45) is 4.99 Å². The average molecular weight is 275 g/mol. The summed E-state index contributed by atoms with van der Waals surface area (Å²) in [6.45, 7) is 0. The highest BCUT2D eigenvalue weighted by molar-refractivity contribution is 6.20.